The van der Waals surface area contributed by atoms with E-state index in [1.54, 1.807) is 28.7 Å². The lowest BCUT2D eigenvalue weighted by Crippen LogP contribution is -2.09. The predicted molar refractivity (Wildman–Crippen MR) is 45.4 cm³/mol. The molecule has 0 bridgehead atoms. The third kappa shape index (κ3) is 2.08. The van der Waals surface area contributed by atoms with Gasteiger partial charge in [0.05, 0.1) is 0 Å². The van der Waals surface area contributed by atoms with E-state index in [-0.39, 0.29) is 0 Å². The molecule has 0 nitrogen and oxygen atoms in total. The monoisotopic (exact) mass is 238 g/mol. The van der Waals surface area contributed by atoms with Gasteiger partial charge in [0.1, 0.15) is 0 Å². The fraction of sp³-hybridized carbons (Fsp3) is 0.429. The normalized spacial score (nSPS) is 34.3. The third-order valence-electron chi connectivity index (χ3n) is 1.29. The van der Waals surface area contributed by atoms with E-state index in [0.717, 1.165) is 5.57 Å². The minimum Gasteiger partial charge on any atom is -0.227 e. The third-order valence-corrected chi connectivity index (χ3v) is 2.09. The molecule has 0 aromatic heterocycles. The van der Waals surface area contributed by atoms with Crippen LogP contribution in [0.25, 0.3) is 0 Å². The highest BCUT2D eigenvalue weighted by Crippen LogP contribution is 2.31. The Kier molecular flexibility index (Phi) is 1.94. The molecule has 0 aliphatic heterocycles. The molecule has 0 N–H and O–H groups in total. The van der Waals surface area contributed by atoms with Gasteiger partial charge in [-0.2, -0.15) is 0 Å². The summed E-state index contributed by atoms with van der Waals surface area (Å²) < 4.78 is 11.8. The van der Waals surface area contributed by atoms with E-state index in [1.807, 2.05) is 19.1 Å². The molecule has 0 fully saturated rings. The van der Waals surface area contributed by atoms with E-state index < -0.39 is 3.68 Å². The predicted octanol–water partition coefficient (Wildman–Crippen LogP) is 2.99. The first-order valence-electron chi connectivity index (χ1n) is 2.84. The van der Waals surface area contributed by atoms with Gasteiger partial charge < -0.3 is 0 Å². The van der Waals surface area contributed by atoms with Gasteiger partial charge >= 0.3 is 0 Å². The fourth-order valence-corrected chi connectivity index (χ4v) is 1.09. The maximum absolute atomic E-state index is 12.9. The minimum atomic E-state index is -1.13. The van der Waals surface area contributed by atoms with Crippen LogP contribution in [0.3, 0.4) is 0 Å². The Hall–Kier alpha value is 0.140. The van der Waals surface area contributed by atoms with Crippen molar-refractivity contribution < 1.29 is 4.39 Å². The van der Waals surface area contributed by atoms with Crippen LogP contribution in [-0.2, 0) is 0 Å². The van der Waals surface area contributed by atoms with E-state index in [9.17, 15) is 4.39 Å². The molecule has 0 saturated carbocycles. The molecular weight excluding hydrogens is 230 g/mol. The molecule has 0 saturated heterocycles. The SMILES string of the molecule is CC1=CC[C@@](F)(I)C=C1. The van der Waals surface area contributed by atoms with Crippen molar-refractivity contribution in [3.05, 3.63) is 23.8 Å². The first-order chi connectivity index (χ1) is 4.10. The molecule has 1 aliphatic rings. The summed E-state index contributed by atoms with van der Waals surface area (Å²) in [6, 6.07) is 0. The molecule has 0 radical (unpaired) electrons. The number of rotatable bonds is 0. The summed E-state index contributed by atoms with van der Waals surface area (Å²) in [6.07, 6.45) is 5.83. The molecule has 0 aromatic carbocycles. The first-order valence-corrected chi connectivity index (χ1v) is 3.92. The van der Waals surface area contributed by atoms with Gasteiger partial charge in [-0.05, 0) is 35.6 Å². The number of halogens is 2. The lowest BCUT2D eigenvalue weighted by atomic mass is 10.1. The van der Waals surface area contributed by atoms with Gasteiger partial charge in [0.25, 0.3) is 0 Å². The Balaban J connectivity index is 2.70. The number of hydrogen-bond donors (Lipinski definition) is 0. The van der Waals surface area contributed by atoms with Crippen molar-refractivity contribution in [2.75, 3.05) is 0 Å². The summed E-state index contributed by atoms with van der Waals surface area (Å²) in [4.78, 5) is 0. The second-order valence-electron chi connectivity index (χ2n) is 2.25. The van der Waals surface area contributed by atoms with Gasteiger partial charge in [-0.15, -0.1) is 0 Å². The Morgan fingerprint density at radius 1 is 1.78 bits per heavy atom. The highest BCUT2D eigenvalue weighted by atomic mass is 127. The van der Waals surface area contributed by atoms with Crippen molar-refractivity contribution in [3.8, 4) is 0 Å². The van der Waals surface area contributed by atoms with Crippen LogP contribution in [0.15, 0.2) is 23.8 Å². The Bertz CT molecular complexity index is 168. The van der Waals surface area contributed by atoms with Crippen molar-refractivity contribution in [1.82, 2.24) is 0 Å². The van der Waals surface area contributed by atoms with Gasteiger partial charge in [-0.25, -0.2) is 4.39 Å². The molecule has 0 unspecified atom stereocenters. The van der Waals surface area contributed by atoms with Gasteiger partial charge in [0.2, 0.25) is 0 Å². The molecular formula is C7H8FI. The number of hydrogen-bond acceptors (Lipinski definition) is 0. The zero-order valence-corrected chi connectivity index (χ0v) is 7.35. The molecule has 2 heteroatoms. The van der Waals surface area contributed by atoms with E-state index in [1.165, 1.54) is 0 Å². The van der Waals surface area contributed by atoms with Crippen LogP contribution in [0.4, 0.5) is 4.39 Å². The number of allylic oxidation sites excluding steroid dienone is 4. The smallest absolute Gasteiger partial charge is 0.183 e. The molecule has 0 aromatic rings. The van der Waals surface area contributed by atoms with E-state index in [4.69, 9.17) is 0 Å². The highest BCUT2D eigenvalue weighted by Gasteiger charge is 2.21. The summed E-state index contributed by atoms with van der Waals surface area (Å²) in [5, 5.41) is 0. The Morgan fingerprint density at radius 3 is 2.78 bits per heavy atom. The van der Waals surface area contributed by atoms with Crippen molar-refractivity contribution in [3.63, 3.8) is 0 Å². The van der Waals surface area contributed by atoms with Crippen LogP contribution in [0.5, 0.6) is 0 Å². The zero-order chi connectivity index (χ0) is 6.91. The van der Waals surface area contributed by atoms with Crippen LogP contribution in [0.1, 0.15) is 13.3 Å². The van der Waals surface area contributed by atoms with Crippen molar-refractivity contribution in [2.45, 2.75) is 17.0 Å². The molecule has 9 heavy (non-hydrogen) atoms. The molecule has 1 rings (SSSR count). The summed E-state index contributed by atoms with van der Waals surface area (Å²) in [5.41, 5.74) is 1.15. The van der Waals surface area contributed by atoms with Crippen molar-refractivity contribution >= 4 is 22.6 Å². The Morgan fingerprint density at radius 2 is 2.44 bits per heavy atom. The van der Waals surface area contributed by atoms with Crippen molar-refractivity contribution in [2.24, 2.45) is 0 Å². The van der Waals surface area contributed by atoms with Gasteiger partial charge in [-0.1, -0.05) is 17.7 Å². The number of alkyl halides is 2. The molecule has 0 heterocycles. The van der Waals surface area contributed by atoms with Gasteiger partial charge in [-0.3, -0.25) is 0 Å². The quantitative estimate of drug-likeness (QED) is 0.449. The van der Waals surface area contributed by atoms with Gasteiger partial charge in [0.15, 0.2) is 3.68 Å². The molecule has 0 amide bonds. The topological polar surface area (TPSA) is 0 Å². The van der Waals surface area contributed by atoms with Crippen LogP contribution in [-0.4, -0.2) is 3.68 Å². The van der Waals surface area contributed by atoms with Crippen LogP contribution in [0.2, 0.25) is 0 Å². The molecule has 1 aliphatic carbocycles. The lowest BCUT2D eigenvalue weighted by molar-refractivity contribution is 0.379. The summed E-state index contributed by atoms with van der Waals surface area (Å²) >= 11 is 1.80. The maximum atomic E-state index is 12.9. The average molecular weight is 238 g/mol. The molecule has 1 atom stereocenters. The van der Waals surface area contributed by atoms with Crippen molar-refractivity contribution in [1.29, 1.82) is 0 Å². The first kappa shape index (κ1) is 7.25. The summed E-state index contributed by atoms with van der Waals surface area (Å²) in [7, 11) is 0. The second kappa shape index (κ2) is 2.40. The largest absolute Gasteiger partial charge is 0.227 e. The zero-order valence-electron chi connectivity index (χ0n) is 5.20. The minimum absolute atomic E-state index is 0.510. The Labute approximate surface area is 68.0 Å². The maximum Gasteiger partial charge on any atom is 0.183 e. The second-order valence-corrected chi connectivity index (χ2v) is 4.04. The van der Waals surface area contributed by atoms with E-state index in [0.29, 0.717) is 6.42 Å². The lowest BCUT2D eigenvalue weighted by Gasteiger charge is -2.14. The van der Waals surface area contributed by atoms with E-state index >= 15 is 0 Å². The highest BCUT2D eigenvalue weighted by molar-refractivity contribution is 14.1. The van der Waals surface area contributed by atoms with Crippen LogP contribution >= 0.6 is 22.6 Å². The fourth-order valence-electron chi connectivity index (χ4n) is 0.687. The average Bonchev–Trinajstić information content (AvgIpc) is 1.78. The standard InChI is InChI=1S/C7H8FI/c1-6-2-4-7(8,9)5-3-6/h2-4H,5H2,1H3/t7-/m0/s1. The summed E-state index contributed by atoms with van der Waals surface area (Å²) in [5.74, 6) is 0. The molecule has 0 spiro atoms. The van der Waals surface area contributed by atoms with E-state index in [2.05, 4.69) is 0 Å². The van der Waals surface area contributed by atoms with Crippen LogP contribution in [0, 0.1) is 0 Å². The summed E-state index contributed by atoms with van der Waals surface area (Å²) in [6.45, 7) is 1.97. The van der Waals surface area contributed by atoms with Gasteiger partial charge in [0, 0.05) is 6.42 Å². The molecule has 50 valence electrons. The van der Waals surface area contributed by atoms with Crippen LogP contribution < -0.4 is 0 Å².